The summed E-state index contributed by atoms with van der Waals surface area (Å²) in [6.45, 7) is 4.20. The summed E-state index contributed by atoms with van der Waals surface area (Å²) in [6.07, 6.45) is 8.13. The summed E-state index contributed by atoms with van der Waals surface area (Å²) in [5.41, 5.74) is 4.06. The number of pyridine rings is 1. The standard InChI is InChI=1S/C26H28N8O/c1-32-13-15-33(16-14-32)20-7-5-19(6-8-20)29-26-28-17-22-24(30-26)23(18-9-11-27-12-10-18)31-34(25(22)35)21-3-2-4-21/h5-12,17,21H,2-4,13-16H2,1H3,(H,28,29,30). The SMILES string of the molecule is CN1CCN(c2ccc(Nc3ncc4c(=O)n(C5CCC5)nc(-c5ccncc5)c4n3)cc2)CC1. The Bertz CT molecular complexity index is 1390. The Labute approximate surface area is 203 Å². The molecule has 0 radical (unpaired) electrons. The fourth-order valence-electron chi connectivity index (χ4n) is 4.64. The van der Waals surface area contributed by atoms with Crippen LogP contribution in [0.4, 0.5) is 17.3 Å². The maximum Gasteiger partial charge on any atom is 0.278 e. The molecule has 0 spiro atoms. The third-order valence-electron chi connectivity index (χ3n) is 7.03. The van der Waals surface area contributed by atoms with Crippen LogP contribution in [0.15, 0.2) is 59.8 Å². The van der Waals surface area contributed by atoms with Gasteiger partial charge in [-0.15, -0.1) is 0 Å². The lowest BCUT2D eigenvalue weighted by Gasteiger charge is -2.34. The summed E-state index contributed by atoms with van der Waals surface area (Å²) < 4.78 is 1.62. The number of fused-ring (bicyclic) bond motifs is 1. The zero-order chi connectivity index (χ0) is 23.8. The molecule has 1 aliphatic carbocycles. The Hall–Kier alpha value is -3.85. The van der Waals surface area contributed by atoms with Crippen molar-refractivity contribution in [2.75, 3.05) is 43.4 Å². The van der Waals surface area contributed by atoms with Crippen molar-refractivity contribution in [1.29, 1.82) is 0 Å². The fraction of sp³-hybridized carbons (Fsp3) is 0.346. The molecule has 1 saturated carbocycles. The molecule has 3 aromatic heterocycles. The Morgan fingerprint density at radius 1 is 0.971 bits per heavy atom. The molecule has 9 nitrogen and oxygen atoms in total. The van der Waals surface area contributed by atoms with Crippen molar-refractivity contribution < 1.29 is 0 Å². The molecule has 1 N–H and O–H groups in total. The Morgan fingerprint density at radius 3 is 2.40 bits per heavy atom. The van der Waals surface area contributed by atoms with Gasteiger partial charge in [0.05, 0.1) is 11.4 Å². The minimum Gasteiger partial charge on any atom is -0.369 e. The van der Waals surface area contributed by atoms with Crippen LogP contribution in [0.3, 0.4) is 0 Å². The summed E-state index contributed by atoms with van der Waals surface area (Å²) >= 11 is 0. The number of hydrogen-bond donors (Lipinski definition) is 1. The number of piperazine rings is 1. The van der Waals surface area contributed by atoms with E-state index >= 15 is 0 Å². The number of aromatic nitrogens is 5. The number of rotatable bonds is 5. The quantitative estimate of drug-likeness (QED) is 0.476. The number of hydrogen-bond acceptors (Lipinski definition) is 8. The maximum absolute atomic E-state index is 13.2. The van der Waals surface area contributed by atoms with Crippen LogP contribution >= 0.6 is 0 Å². The van der Waals surface area contributed by atoms with Crippen LogP contribution < -0.4 is 15.8 Å². The first-order valence-corrected chi connectivity index (χ1v) is 12.2. The second-order valence-electron chi connectivity index (χ2n) is 9.34. The summed E-state index contributed by atoms with van der Waals surface area (Å²) in [5, 5.41) is 8.53. The van der Waals surface area contributed by atoms with Crippen LogP contribution in [-0.4, -0.2) is 62.9 Å². The van der Waals surface area contributed by atoms with Gasteiger partial charge in [-0.1, -0.05) is 0 Å². The number of nitrogens with zero attached hydrogens (tertiary/aromatic N) is 7. The van der Waals surface area contributed by atoms with Gasteiger partial charge in [-0.25, -0.2) is 14.6 Å². The van der Waals surface area contributed by atoms with Gasteiger partial charge in [0.15, 0.2) is 0 Å². The lowest BCUT2D eigenvalue weighted by Crippen LogP contribution is -2.44. The molecule has 0 amide bonds. The van der Waals surface area contributed by atoms with Gasteiger partial charge < -0.3 is 15.1 Å². The van der Waals surface area contributed by atoms with Crippen molar-refractivity contribution in [2.45, 2.75) is 25.3 Å². The minimum atomic E-state index is -0.134. The molecule has 35 heavy (non-hydrogen) atoms. The van der Waals surface area contributed by atoms with Crippen molar-refractivity contribution in [2.24, 2.45) is 0 Å². The fourth-order valence-corrected chi connectivity index (χ4v) is 4.64. The van der Waals surface area contributed by atoms with E-state index in [1.807, 2.05) is 24.3 Å². The van der Waals surface area contributed by atoms with E-state index in [0.717, 1.165) is 56.7 Å². The Kier molecular flexibility index (Phi) is 5.61. The molecule has 0 unspecified atom stereocenters. The van der Waals surface area contributed by atoms with Crippen LogP contribution in [0.25, 0.3) is 22.2 Å². The third kappa shape index (κ3) is 4.23. The maximum atomic E-state index is 13.2. The van der Waals surface area contributed by atoms with Crippen LogP contribution in [0.2, 0.25) is 0 Å². The van der Waals surface area contributed by atoms with E-state index in [0.29, 0.717) is 22.5 Å². The molecule has 1 aromatic carbocycles. The van der Waals surface area contributed by atoms with Gasteiger partial charge in [-0.2, -0.15) is 5.10 Å². The molecule has 9 heteroatoms. The van der Waals surface area contributed by atoms with Crippen molar-refractivity contribution in [1.82, 2.24) is 29.6 Å². The lowest BCUT2D eigenvalue weighted by atomic mass is 9.93. The molecule has 1 saturated heterocycles. The highest BCUT2D eigenvalue weighted by molar-refractivity contribution is 5.90. The van der Waals surface area contributed by atoms with Crippen LogP contribution in [0, 0.1) is 0 Å². The molecule has 0 atom stereocenters. The molecular formula is C26H28N8O. The highest BCUT2D eigenvalue weighted by Crippen LogP contribution is 2.32. The van der Waals surface area contributed by atoms with E-state index in [9.17, 15) is 4.79 Å². The van der Waals surface area contributed by atoms with Crippen LogP contribution in [0.1, 0.15) is 25.3 Å². The van der Waals surface area contributed by atoms with Crippen molar-refractivity contribution in [3.05, 3.63) is 65.3 Å². The van der Waals surface area contributed by atoms with E-state index in [2.05, 4.69) is 44.3 Å². The minimum absolute atomic E-state index is 0.134. The number of nitrogens with one attached hydrogen (secondary N) is 1. The highest BCUT2D eigenvalue weighted by Gasteiger charge is 2.25. The first kappa shape index (κ1) is 21.7. The van der Waals surface area contributed by atoms with Crippen molar-refractivity contribution in [3.8, 4) is 11.3 Å². The van der Waals surface area contributed by atoms with Crippen LogP contribution in [-0.2, 0) is 0 Å². The summed E-state index contributed by atoms with van der Waals surface area (Å²) in [4.78, 5) is 31.3. The monoisotopic (exact) mass is 468 g/mol. The van der Waals surface area contributed by atoms with Crippen molar-refractivity contribution in [3.63, 3.8) is 0 Å². The zero-order valence-corrected chi connectivity index (χ0v) is 19.8. The Morgan fingerprint density at radius 2 is 1.71 bits per heavy atom. The van der Waals surface area contributed by atoms with Gasteiger partial charge in [0.2, 0.25) is 5.95 Å². The van der Waals surface area contributed by atoms with Gasteiger partial charge in [-0.05, 0) is 62.7 Å². The number of anilines is 3. The molecule has 4 heterocycles. The van der Waals surface area contributed by atoms with Crippen molar-refractivity contribution >= 4 is 28.2 Å². The summed E-state index contributed by atoms with van der Waals surface area (Å²) in [6, 6.07) is 12.2. The molecular weight excluding hydrogens is 440 g/mol. The second-order valence-corrected chi connectivity index (χ2v) is 9.34. The number of likely N-dealkylation sites (N-methyl/N-ethyl adjacent to an activating group) is 1. The third-order valence-corrected chi connectivity index (χ3v) is 7.03. The molecule has 6 rings (SSSR count). The average Bonchev–Trinajstić information content (AvgIpc) is 2.86. The predicted octanol–water partition coefficient (Wildman–Crippen LogP) is 3.47. The second kappa shape index (κ2) is 9.07. The summed E-state index contributed by atoms with van der Waals surface area (Å²) in [7, 11) is 2.16. The van der Waals surface area contributed by atoms with E-state index in [-0.39, 0.29) is 11.6 Å². The average molecular weight is 469 g/mol. The van der Waals surface area contributed by atoms with E-state index in [4.69, 9.17) is 10.1 Å². The molecule has 2 fully saturated rings. The molecule has 2 aliphatic rings. The van der Waals surface area contributed by atoms with E-state index in [1.54, 1.807) is 23.3 Å². The van der Waals surface area contributed by atoms with E-state index in [1.165, 1.54) is 5.69 Å². The zero-order valence-electron chi connectivity index (χ0n) is 19.8. The smallest absolute Gasteiger partial charge is 0.278 e. The molecule has 1 aliphatic heterocycles. The molecule has 0 bridgehead atoms. The first-order valence-electron chi connectivity index (χ1n) is 12.2. The van der Waals surface area contributed by atoms with Gasteiger partial charge >= 0.3 is 0 Å². The highest BCUT2D eigenvalue weighted by atomic mass is 16.1. The largest absolute Gasteiger partial charge is 0.369 e. The topological polar surface area (TPSA) is 92.1 Å². The molecule has 178 valence electrons. The predicted molar refractivity (Wildman–Crippen MR) is 137 cm³/mol. The lowest BCUT2D eigenvalue weighted by molar-refractivity contribution is 0.281. The van der Waals surface area contributed by atoms with Crippen LogP contribution in [0.5, 0.6) is 0 Å². The van der Waals surface area contributed by atoms with Gasteiger partial charge in [0, 0.05) is 61.7 Å². The van der Waals surface area contributed by atoms with Gasteiger partial charge in [-0.3, -0.25) is 9.78 Å². The van der Waals surface area contributed by atoms with E-state index < -0.39 is 0 Å². The normalized spacial score (nSPS) is 16.9. The van der Waals surface area contributed by atoms with Gasteiger partial charge in [0.1, 0.15) is 11.2 Å². The summed E-state index contributed by atoms with van der Waals surface area (Å²) in [5.74, 6) is 0.433. The first-order chi connectivity index (χ1) is 17.2. The molecule has 4 aromatic rings. The Balaban J connectivity index is 1.33. The van der Waals surface area contributed by atoms with Gasteiger partial charge in [0.25, 0.3) is 5.56 Å². The number of benzene rings is 1.